The minimum Gasteiger partial charge on any atom is -0.379 e. The summed E-state index contributed by atoms with van der Waals surface area (Å²) in [7, 11) is 1.82. The monoisotopic (exact) mass is 514 g/mol. The molecule has 2 N–H and O–H groups in total. The number of benzene rings is 1. The van der Waals surface area contributed by atoms with Crippen molar-refractivity contribution in [3.05, 3.63) is 57.3 Å². The lowest BCUT2D eigenvalue weighted by atomic mass is 10.1. The van der Waals surface area contributed by atoms with Gasteiger partial charge in [0, 0.05) is 43.0 Å². The van der Waals surface area contributed by atoms with Crippen LogP contribution in [-0.2, 0) is 30.8 Å². The Morgan fingerprint density at radius 1 is 1.07 bits per heavy atom. The molecule has 0 aliphatic carbocycles. The minimum absolute atomic E-state index is 0. The summed E-state index contributed by atoms with van der Waals surface area (Å²) in [4.78, 5) is 9.54. The first-order valence-electron chi connectivity index (χ1n) is 9.67. The molecule has 1 aliphatic rings. The van der Waals surface area contributed by atoms with Crippen molar-refractivity contribution in [1.29, 1.82) is 0 Å². The fourth-order valence-electron chi connectivity index (χ4n) is 3.14. The zero-order valence-corrected chi connectivity index (χ0v) is 19.9. The van der Waals surface area contributed by atoms with E-state index in [0.29, 0.717) is 0 Å². The third kappa shape index (κ3) is 7.35. The molecule has 5 nitrogen and oxygen atoms in total. The Kier molecular flexibility index (Phi) is 10.3. The average molecular weight is 514 g/mol. The van der Waals surface area contributed by atoms with E-state index in [0.717, 1.165) is 58.3 Å². The number of halogens is 1. The van der Waals surface area contributed by atoms with Crippen molar-refractivity contribution in [2.75, 3.05) is 33.4 Å². The van der Waals surface area contributed by atoms with E-state index in [1.165, 1.54) is 20.9 Å². The molecule has 2 heterocycles. The molecule has 0 saturated carbocycles. The number of rotatable bonds is 7. The number of aliphatic imine (C=N–C) groups is 1. The summed E-state index contributed by atoms with van der Waals surface area (Å²) >= 11 is 1.86. The van der Waals surface area contributed by atoms with Crippen LogP contribution < -0.4 is 10.6 Å². The van der Waals surface area contributed by atoms with E-state index in [1.54, 1.807) is 0 Å². The number of morpholine rings is 1. The van der Waals surface area contributed by atoms with E-state index >= 15 is 0 Å². The molecule has 28 heavy (non-hydrogen) atoms. The first kappa shape index (κ1) is 23.1. The zero-order chi connectivity index (χ0) is 18.9. The Bertz CT molecular complexity index is 744. The standard InChI is InChI=1S/C21H30N4OS.HI/c1-3-19-7-8-20(27-19)15-24-21(22-2)23-14-17-5-4-6-18(13-17)16-25-9-11-26-12-10-25;/h4-8,13H,3,9-12,14-16H2,1-2H3,(H2,22,23,24);1H. The third-order valence-electron chi connectivity index (χ3n) is 4.68. The molecular weight excluding hydrogens is 483 g/mol. The summed E-state index contributed by atoms with van der Waals surface area (Å²) in [6.07, 6.45) is 1.10. The van der Waals surface area contributed by atoms with E-state index in [1.807, 2.05) is 18.4 Å². The highest BCUT2D eigenvalue weighted by Gasteiger charge is 2.10. The molecule has 1 aliphatic heterocycles. The van der Waals surface area contributed by atoms with Gasteiger partial charge in [0.05, 0.1) is 19.8 Å². The Labute approximate surface area is 189 Å². The lowest BCUT2D eigenvalue weighted by molar-refractivity contribution is 0.0342. The van der Waals surface area contributed by atoms with Crippen LogP contribution in [0.3, 0.4) is 0 Å². The zero-order valence-electron chi connectivity index (χ0n) is 16.7. The molecule has 3 rings (SSSR count). The molecule has 7 heteroatoms. The van der Waals surface area contributed by atoms with Crippen molar-refractivity contribution in [1.82, 2.24) is 15.5 Å². The van der Waals surface area contributed by atoms with E-state index in [2.05, 4.69) is 63.8 Å². The normalized spacial score (nSPS) is 15.1. The predicted molar refractivity (Wildman–Crippen MR) is 129 cm³/mol. The number of thiophene rings is 1. The first-order chi connectivity index (χ1) is 13.3. The van der Waals surface area contributed by atoms with Crippen LogP contribution in [0.25, 0.3) is 0 Å². The largest absolute Gasteiger partial charge is 0.379 e. The molecule has 0 unspecified atom stereocenters. The molecule has 1 fully saturated rings. The van der Waals surface area contributed by atoms with Crippen LogP contribution in [0.2, 0.25) is 0 Å². The maximum Gasteiger partial charge on any atom is 0.191 e. The van der Waals surface area contributed by atoms with Crippen molar-refractivity contribution in [2.24, 2.45) is 4.99 Å². The predicted octanol–water partition coefficient (Wildman–Crippen LogP) is 3.63. The number of ether oxygens (including phenoxy) is 1. The summed E-state index contributed by atoms with van der Waals surface area (Å²) in [5.41, 5.74) is 2.62. The van der Waals surface area contributed by atoms with Gasteiger partial charge in [-0.05, 0) is 29.7 Å². The van der Waals surface area contributed by atoms with E-state index in [-0.39, 0.29) is 24.0 Å². The molecular formula is C21H31IN4OS. The third-order valence-corrected chi connectivity index (χ3v) is 5.91. The molecule has 0 radical (unpaired) electrons. The van der Waals surface area contributed by atoms with Crippen molar-refractivity contribution < 1.29 is 4.74 Å². The van der Waals surface area contributed by atoms with E-state index < -0.39 is 0 Å². The molecule has 0 atom stereocenters. The molecule has 1 aromatic carbocycles. The average Bonchev–Trinajstić information content (AvgIpc) is 3.17. The Morgan fingerprint density at radius 3 is 2.50 bits per heavy atom. The SMILES string of the molecule is CCc1ccc(CNC(=NC)NCc2cccc(CN3CCOCC3)c2)s1.I. The smallest absolute Gasteiger partial charge is 0.191 e. The van der Waals surface area contributed by atoms with Crippen LogP contribution >= 0.6 is 35.3 Å². The first-order valence-corrected chi connectivity index (χ1v) is 10.5. The van der Waals surface area contributed by atoms with Crippen molar-refractivity contribution in [2.45, 2.75) is 33.0 Å². The quantitative estimate of drug-likeness (QED) is 0.337. The number of aryl methyl sites for hydroxylation is 1. The topological polar surface area (TPSA) is 48.9 Å². The summed E-state index contributed by atoms with van der Waals surface area (Å²) in [5, 5.41) is 6.82. The lowest BCUT2D eigenvalue weighted by Gasteiger charge is -2.26. The van der Waals surface area contributed by atoms with Crippen LogP contribution in [0, 0.1) is 0 Å². The molecule has 0 amide bonds. The van der Waals surface area contributed by atoms with E-state index in [4.69, 9.17) is 4.74 Å². The van der Waals surface area contributed by atoms with Gasteiger partial charge in [-0.3, -0.25) is 9.89 Å². The van der Waals surface area contributed by atoms with Crippen LogP contribution in [0.4, 0.5) is 0 Å². The molecule has 2 aromatic rings. The van der Waals surface area contributed by atoms with Gasteiger partial charge in [-0.15, -0.1) is 35.3 Å². The van der Waals surface area contributed by atoms with Crippen molar-refractivity contribution in [3.8, 4) is 0 Å². The summed E-state index contributed by atoms with van der Waals surface area (Å²) in [5.74, 6) is 0.833. The van der Waals surface area contributed by atoms with Gasteiger partial charge in [-0.1, -0.05) is 31.2 Å². The highest BCUT2D eigenvalue weighted by atomic mass is 127. The molecule has 1 aromatic heterocycles. The van der Waals surface area contributed by atoms with Gasteiger partial charge in [0.2, 0.25) is 0 Å². The Balaban J connectivity index is 0.00000280. The second kappa shape index (κ2) is 12.4. The maximum absolute atomic E-state index is 5.43. The second-order valence-electron chi connectivity index (χ2n) is 6.71. The fourth-order valence-corrected chi connectivity index (χ4v) is 4.04. The summed E-state index contributed by atoms with van der Waals surface area (Å²) < 4.78 is 5.43. The van der Waals surface area contributed by atoms with Crippen molar-refractivity contribution >= 4 is 41.3 Å². The molecule has 0 spiro atoms. The molecule has 0 bridgehead atoms. The van der Waals surface area contributed by atoms with E-state index in [9.17, 15) is 0 Å². The lowest BCUT2D eigenvalue weighted by Crippen LogP contribution is -2.36. The number of nitrogens with one attached hydrogen (secondary N) is 2. The molecule has 1 saturated heterocycles. The number of hydrogen-bond acceptors (Lipinski definition) is 4. The van der Waals surface area contributed by atoms with Crippen LogP contribution in [-0.4, -0.2) is 44.2 Å². The highest BCUT2D eigenvalue weighted by molar-refractivity contribution is 14.0. The van der Waals surface area contributed by atoms with Crippen LogP contribution in [0.15, 0.2) is 41.4 Å². The summed E-state index contributed by atoms with van der Waals surface area (Å²) in [6.45, 7) is 8.46. The van der Waals surface area contributed by atoms with Crippen molar-refractivity contribution in [3.63, 3.8) is 0 Å². The van der Waals surface area contributed by atoms with Gasteiger partial charge >= 0.3 is 0 Å². The number of hydrogen-bond donors (Lipinski definition) is 2. The van der Waals surface area contributed by atoms with Gasteiger partial charge in [0.15, 0.2) is 5.96 Å². The second-order valence-corrected chi connectivity index (χ2v) is 7.96. The van der Waals surface area contributed by atoms with Crippen LogP contribution in [0.1, 0.15) is 27.8 Å². The van der Waals surface area contributed by atoms with Gasteiger partial charge in [0.25, 0.3) is 0 Å². The number of nitrogens with zero attached hydrogens (tertiary/aromatic N) is 2. The summed E-state index contributed by atoms with van der Waals surface area (Å²) in [6, 6.07) is 13.2. The van der Waals surface area contributed by atoms with Crippen LogP contribution in [0.5, 0.6) is 0 Å². The fraction of sp³-hybridized carbons (Fsp3) is 0.476. The molecule has 154 valence electrons. The van der Waals surface area contributed by atoms with Gasteiger partial charge in [0.1, 0.15) is 0 Å². The Morgan fingerprint density at radius 2 is 1.79 bits per heavy atom. The van der Waals surface area contributed by atoms with Gasteiger partial charge < -0.3 is 15.4 Å². The van der Waals surface area contributed by atoms with Gasteiger partial charge in [-0.25, -0.2) is 0 Å². The van der Waals surface area contributed by atoms with Gasteiger partial charge in [-0.2, -0.15) is 0 Å². The minimum atomic E-state index is 0. The Hall–Kier alpha value is -1.16. The maximum atomic E-state index is 5.43. The highest BCUT2D eigenvalue weighted by Crippen LogP contribution is 2.16. The number of guanidine groups is 1.